The second-order valence-electron chi connectivity index (χ2n) is 5.54. The summed E-state index contributed by atoms with van der Waals surface area (Å²) in [6, 6.07) is 8.02. The van der Waals surface area contributed by atoms with Crippen molar-refractivity contribution < 1.29 is 4.74 Å². The van der Waals surface area contributed by atoms with Gasteiger partial charge >= 0.3 is 0 Å². The third-order valence-electron chi connectivity index (χ3n) is 3.20. The van der Waals surface area contributed by atoms with Gasteiger partial charge < -0.3 is 15.4 Å². The first kappa shape index (κ1) is 16.0. The molecular formula is C16H28N2O. The molecule has 0 aliphatic carbocycles. The molecule has 0 fully saturated rings. The number of nitrogens with zero attached hydrogens (tertiary/aromatic N) is 1. The lowest BCUT2D eigenvalue weighted by molar-refractivity contribution is 0.255. The fraction of sp³-hybridized carbons (Fsp3) is 0.625. The van der Waals surface area contributed by atoms with Gasteiger partial charge in [0.15, 0.2) is 0 Å². The highest BCUT2D eigenvalue weighted by molar-refractivity contribution is 5.26. The predicted octanol–water partition coefficient (Wildman–Crippen LogP) is 2.89. The molecule has 0 unspecified atom stereocenters. The zero-order valence-electron chi connectivity index (χ0n) is 12.6. The van der Waals surface area contributed by atoms with E-state index in [1.54, 1.807) is 0 Å². The normalized spacial score (nSPS) is 11.3. The summed E-state index contributed by atoms with van der Waals surface area (Å²) < 4.78 is 5.71. The molecular weight excluding hydrogens is 236 g/mol. The number of hydrogen-bond acceptors (Lipinski definition) is 3. The van der Waals surface area contributed by atoms with E-state index < -0.39 is 0 Å². The summed E-state index contributed by atoms with van der Waals surface area (Å²) in [6.45, 7) is 8.15. The fourth-order valence-corrected chi connectivity index (χ4v) is 1.84. The van der Waals surface area contributed by atoms with Gasteiger partial charge in [0.1, 0.15) is 5.75 Å². The van der Waals surface area contributed by atoms with Crippen LogP contribution in [-0.2, 0) is 6.54 Å². The molecule has 1 aromatic rings. The summed E-state index contributed by atoms with van der Waals surface area (Å²) in [6.07, 6.45) is 2.32. The van der Waals surface area contributed by atoms with E-state index in [0.717, 1.165) is 36.8 Å². The molecule has 108 valence electrons. The van der Waals surface area contributed by atoms with Crippen molar-refractivity contribution in [2.45, 2.75) is 33.2 Å². The van der Waals surface area contributed by atoms with Crippen LogP contribution in [0.5, 0.6) is 5.75 Å². The minimum atomic E-state index is 0.584. The van der Waals surface area contributed by atoms with Crippen LogP contribution >= 0.6 is 0 Å². The van der Waals surface area contributed by atoms with Crippen molar-refractivity contribution in [1.29, 1.82) is 0 Å². The number of hydrogen-bond donors (Lipinski definition) is 1. The number of nitrogens with two attached hydrogens (primary N) is 1. The van der Waals surface area contributed by atoms with Crippen molar-refractivity contribution in [2.75, 3.05) is 26.7 Å². The minimum Gasteiger partial charge on any atom is -0.494 e. The molecule has 0 amide bonds. The Bertz CT molecular complexity index is 335. The van der Waals surface area contributed by atoms with Crippen molar-refractivity contribution >= 4 is 0 Å². The number of benzene rings is 1. The van der Waals surface area contributed by atoms with Crippen molar-refractivity contribution in [3.05, 3.63) is 29.8 Å². The van der Waals surface area contributed by atoms with Crippen molar-refractivity contribution in [1.82, 2.24) is 4.90 Å². The van der Waals surface area contributed by atoms with E-state index in [4.69, 9.17) is 10.5 Å². The Morgan fingerprint density at radius 3 is 2.42 bits per heavy atom. The first-order valence-corrected chi connectivity index (χ1v) is 7.22. The van der Waals surface area contributed by atoms with E-state index in [1.165, 1.54) is 13.0 Å². The summed E-state index contributed by atoms with van der Waals surface area (Å²) in [4.78, 5) is 2.38. The average Bonchev–Trinajstić information content (AvgIpc) is 2.42. The highest BCUT2D eigenvalue weighted by atomic mass is 16.5. The van der Waals surface area contributed by atoms with Crippen molar-refractivity contribution in [3.63, 3.8) is 0 Å². The Morgan fingerprint density at radius 1 is 1.16 bits per heavy atom. The van der Waals surface area contributed by atoms with Gasteiger partial charge in [0.2, 0.25) is 0 Å². The van der Waals surface area contributed by atoms with Gasteiger partial charge in [-0.1, -0.05) is 26.0 Å². The van der Waals surface area contributed by atoms with E-state index in [0.29, 0.717) is 6.54 Å². The zero-order valence-corrected chi connectivity index (χ0v) is 12.6. The van der Waals surface area contributed by atoms with E-state index in [2.05, 4.69) is 25.8 Å². The minimum absolute atomic E-state index is 0.584. The molecule has 3 nitrogen and oxygen atoms in total. The second kappa shape index (κ2) is 8.94. The highest BCUT2D eigenvalue weighted by Gasteiger charge is 2.01. The maximum atomic E-state index is 5.71. The molecule has 1 aromatic carbocycles. The molecule has 0 aromatic heterocycles. The van der Waals surface area contributed by atoms with Crippen molar-refractivity contribution in [3.8, 4) is 5.75 Å². The van der Waals surface area contributed by atoms with Gasteiger partial charge in [-0.15, -0.1) is 0 Å². The molecule has 0 aliphatic heterocycles. The molecule has 0 saturated carbocycles. The Kier molecular flexibility index (Phi) is 7.53. The quantitative estimate of drug-likeness (QED) is 0.697. The SMILES string of the molecule is CC(C)CCN(C)CCCOc1ccc(CN)cc1. The molecule has 3 heteroatoms. The van der Waals surface area contributed by atoms with Crippen LogP contribution in [0.25, 0.3) is 0 Å². The van der Waals surface area contributed by atoms with E-state index in [9.17, 15) is 0 Å². The van der Waals surface area contributed by atoms with Gasteiger partial charge in [0, 0.05) is 13.1 Å². The van der Waals surface area contributed by atoms with Crippen LogP contribution in [0.1, 0.15) is 32.3 Å². The third-order valence-corrected chi connectivity index (χ3v) is 3.20. The number of ether oxygens (including phenoxy) is 1. The summed E-state index contributed by atoms with van der Waals surface area (Å²) in [7, 11) is 2.18. The molecule has 0 aliphatic rings. The van der Waals surface area contributed by atoms with Crippen LogP contribution in [0, 0.1) is 5.92 Å². The lowest BCUT2D eigenvalue weighted by atomic mass is 10.1. The molecule has 0 atom stereocenters. The van der Waals surface area contributed by atoms with Crippen LogP contribution in [0.4, 0.5) is 0 Å². The lowest BCUT2D eigenvalue weighted by Gasteiger charge is -2.17. The average molecular weight is 264 g/mol. The Balaban J connectivity index is 2.12. The smallest absolute Gasteiger partial charge is 0.119 e. The summed E-state index contributed by atoms with van der Waals surface area (Å²) in [5, 5.41) is 0. The van der Waals surface area contributed by atoms with Crippen LogP contribution in [0.3, 0.4) is 0 Å². The molecule has 19 heavy (non-hydrogen) atoms. The molecule has 0 heterocycles. The van der Waals surface area contributed by atoms with Crippen LogP contribution < -0.4 is 10.5 Å². The largest absolute Gasteiger partial charge is 0.494 e. The fourth-order valence-electron chi connectivity index (χ4n) is 1.84. The zero-order chi connectivity index (χ0) is 14.1. The molecule has 0 bridgehead atoms. The van der Waals surface area contributed by atoms with Gasteiger partial charge in [-0.2, -0.15) is 0 Å². The molecule has 0 saturated heterocycles. The van der Waals surface area contributed by atoms with E-state index in [-0.39, 0.29) is 0 Å². The monoisotopic (exact) mass is 264 g/mol. The van der Waals surface area contributed by atoms with Gasteiger partial charge in [-0.25, -0.2) is 0 Å². The molecule has 2 N–H and O–H groups in total. The molecule has 1 rings (SSSR count). The first-order valence-electron chi connectivity index (χ1n) is 7.22. The maximum absolute atomic E-state index is 5.71. The van der Waals surface area contributed by atoms with Crippen LogP contribution in [0.15, 0.2) is 24.3 Å². The summed E-state index contributed by atoms with van der Waals surface area (Å²) in [5.41, 5.74) is 6.70. The topological polar surface area (TPSA) is 38.5 Å². The van der Waals surface area contributed by atoms with Gasteiger partial charge in [0.05, 0.1) is 6.61 Å². The Labute approximate surface area is 117 Å². The number of rotatable bonds is 9. The predicted molar refractivity (Wildman–Crippen MR) is 81.4 cm³/mol. The maximum Gasteiger partial charge on any atom is 0.119 e. The Hall–Kier alpha value is -1.06. The summed E-state index contributed by atoms with van der Waals surface area (Å²) >= 11 is 0. The standard InChI is InChI=1S/C16H28N2O/c1-14(2)9-11-18(3)10-4-12-19-16-7-5-15(13-17)6-8-16/h5-8,14H,4,9-13,17H2,1-3H3. The second-order valence-corrected chi connectivity index (χ2v) is 5.54. The van der Waals surface area contributed by atoms with Crippen molar-refractivity contribution in [2.24, 2.45) is 11.7 Å². The Morgan fingerprint density at radius 2 is 1.84 bits per heavy atom. The van der Waals surface area contributed by atoms with Crippen LogP contribution in [-0.4, -0.2) is 31.6 Å². The van der Waals surface area contributed by atoms with Gasteiger partial charge in [-0.05, 0) is 50.0 Å². The molecule has 0 spiro atoms. The lowest BCUT2D eigenvalue weighted by Crippen LogP contribution is -2.23. The van der Waals surface area contributed by atoms with E-state index in [1.807, 2.05) is 24.3 Å². The van der Waals surface area contributed by atoms with Gasteiger partial charge in [-0.3, -0.25) is 0 Å². The third kappa shape index (κ3) is 7.19. The van der Waals surface area contributed by atoms with Crippen LogP contribution in [0.2, 0.25) is 0 Å². The summed E-state index contributed by atoms with van der Waals surface area (Å²) in [5.74, 6) is 1.71. The van der Waals surface area contributed by atoms with E-state index >= 15 is 0 Å². The highest BCUT2D eigenvalue weighted by Crippen LogP contribution is 2.12. The first-order chi connectivity index (χ1) is 9.11. The molecule has 0 radical (unpaired) electrons. The van der Waals surface area contributed by atoms with Gasteiger partial charge in [0.25, 0.3) is 0 Å².